The molecule has 0 bridgehead atoms. The summed E-state index contributed by atoms with van der Waals surface area (Å²) in [5.41, 5.74) is 2.88. The van der Waals surface area contributed by atoms with Crippen molar-refractivity contribution in [2.75, 3.05) is 18.4 Å². The standard InChI is InChI=1S/C26H25BrN2O3/c27-23-8-4-5-9-24(23)32-22-14-16-29(17-15-22)26(31)18-25(30)28-21-12-10-20(11-13-21)19-6-2-1-3-7-19/h1-13,22H,14-18H2,(H,28,30). The summed E-state index contributed by atoms with van der Waals surface area (Å²) in [6, 6.07) is 25.4. The van der Waals surface area contributed by atoms with E-state index < -0.39 is 0 Å². The van der Waals surface area contributed by atoms with Gasteiger partial charge < -0.3 is 15.0 Å². The summed E-state index contributed by atoms with van der Waals surface area (Å²) in [6.45, 7) is 1.18. The first-order chi connectivity index (χ1) is 15.6. The minimum Gasteiger partial charge on any atom is -0.489 e. The normalized spacial score (nSPS) is 14.1. The van der Waals surface area contributed by atoms with E-state index in [-0.39, 0.29) is 24.3 Å². The van der Waals surface area contributed by atoms with Crippen molar-refractivity contribution in [2.45, 2.75) is 25.4 Å². The summed E-state index contributed by atoms with van der Waals surface area (Å²) in [4.78, 5) is 26.7. The Morgan fingerprint density at radius 3 is 2.19 bits per heavy atom. The van der Waals surface area contributed by atoms with Gasteiger partial charge in [-0.05, 0) is 51.3 Å². The topological polar surface area (TPSA) is 58.6 Å². The Kier molecular flexibility index (Phi) is 7.22. The summed E-state index contributed by atoms with van der Waals surface area (Å²) in [5, 5.41) is 2.82. The zero-order chi connectivity index (χ0) is 22.3. The zero-order valence-electron chi connectivity index (χ0n) is 17.7. The van der Waals surface area contributed by atoms with Gasteiger partial charge >= 0.3 is 0 Å². The molecule has 0 saturated carbocycles. The van der Waals surface area contributed by atoms with Crippen LogP contribution < -0.4 is 10.1 Å². The van der Waals surface area contributed by atoms with Crippen molar-refractivity contribution in [1.82, 2.24) is 4.90 Å². The maximum Gasteiger partial charge on any atom is 0.233 e. The molecule has 0 spiro atoms. The molecule has 0 atom stereocenters. The number of hydrogen-bond acceptors (Lipinski definition) is 3. The van der Waals surface area contributed by atoms with Crippen LogP contribution in [0.25, 0.3) is 11.1 Å². The monoisotopic (exact) mass is 492 g/mol. The molecule has 0 radical (unpaired) electrons. The number of ether oxygens (including phenoxy) is 1. The maximum absolute atomic E-state index is 12.6. The molecule has 1 aliphatic heterocycles. The van der Waals surface area contributed by atoms with Gasteiger partial charge in [0.2, 0.25) is 11.8 Å². The molecule has 6 heteroatoms. The minimum atomic E-state index is -0.297. The Hall–Kier alpha value is -3.12. The number of halogens is 1. The van der Waals surface area contributed by atoms with Crippen LogP contribution in [-0.2, 0) is 9.59 Å². The quantitative estimate of drug-likeness (QED) is 0.461. The van der Waals surface area contributed by atoms with E-state index >= 15 is 0 Å². The molecule has 0 aromatic heterocycles. The predicted octanol–water partition coefficient (Wildman–Crippen LogP) is 5.51. The van der Waals surface area contributed by atoms with Gasteiger partial charge in [-0.2, -0.15) is 0 Å². The number of nitrogens with one attached hydrogen (secondary N) is 1. The first-order valence-electron chi connectivity index (χ1n) is 10.7. The van der Waals surface area contributed by atoms with Crippen molar-refractivity contribution in [3.05, 3.63) is 83.3 Å². The third-order valence-electron chi connectivity index (χ3n) is 5.51. The van der Waals surface area contributed by atoms with Crippen LogP contribution in [0.5, 0.6) is 5.75 Å². The zero-order valence-corrected chi connectivity index (χ0v) is 19.3. The van der Waals surface area contributed by atoms with Gasteiger partial charge in [0.15, 0.2) is 0 Å². The average molecular weight is 493 g/mol. The van der Waals surface area contributed by atoms with Gasteiger partial charge in [-0.25, -0.2) is 0 Å². The van der Waals surface area contributed by atoms with Gasteiger partial charge in [0.25, 0.3) is 0 Å². The van der Waals surface area contributed by atoms with Crippen LogP contribution in [0, 0.1) is 0 Å². The van der Waals surface area contributed by atoms with Crippen LogP contribution in [0.15, 0.2) is 83.3 Å². The number of likely N-dealkylation sites (tertiary alicyclic amines) is 1. The van der Waals surface area contributed by atoms with Crippen LogP contribution in [0.4, 0.5) is 5.69 Å². The molecule has 32 heavy (non-hydrogen) atoms. The molecular weight excluding hydrogens is 468 g/mol. The van der Waals surface area contributed by atoms with E-state index in [1.807, 2.05) is 78.9 Å². The average Bonchev–Trinajstić information content (AvgIpc) is 2.82. The summed E-state index contributed by atoms with van der Waals surface area (Å²) in [7, 11) is 0. The van der Waals surface area contributed by atoms with Gasteiger partial charge in [0.1, 0.15) is 18.3 Å². The summed E-state index contributed by atoms with van der Waals surface area (Å²) in [6.07, 6.45) is 1.40. The van der Waals surface area contributed by atoms with Gasteiger partial charge in [-0.3, -0.25) is 9.59 Å². The van der Waals surface area contributed by atoms with E-state index in [9.17, 15) is 9.59 Å². The number of piperidine rings is 1. The van der Waals surface area contributed by atoms with E-state index in [1.165, 1.54) is 0 Å². The molecule has 0 unspecified atom stereocenters. The lowest BCUT2D eigenvalue weighted by Crippen LogP contribution is -2.42. The molecule has 164 valence electrons. The molecule has 1 N–H and O–H groups in total. The summed E-state index contributed by atoms with van der Waals surface area (Å²) in [5.74, 6) is 0.367. The van der Waals surface area contributed by atoms with Crippen molar-refractivity contribution in [1.29, 1.82) is 0 Å². The number of hydrogen-bond donors (Lipinski definition) is 1. The number of para-hydroxylation sites is 1. The van der Waals surface area contributed by atoms with E-state index in [0.29, 0.717) is 18.8 Å². The lowest BCUT2D eigenvalue weighted by Gasteiger charge is -2.32. The molecule has 4 rings (SSSR count). The number of anilines is 1. The number of benzene rings is 3. The lowest BCUT2D eigenvalue weighted by atomic mass is 10.1. The van der Waals surface area contributed by atoms with E-state index in [1.54, 1.807) is 4.90 Å². The predicted molar refractivity (Wildman–Crippen MR) is 129 cm³/mol. The number of carbonyl (C=O) groups is 2. The first-order valence-corrected chi connectivity index (χ1v) is 11.5. The van der Waals surface area contributed by atoms with Crippen molar-refractivity contribution in [3.8, 4) is 16.9 Å². The Morgan fingerprint density at radius 1 is 0.875 bits per heavy atom. The molecule has 0 aliphatic carbocycles. The highest BCUT2D eigenvalue weighted by Crippen LogP contribution is 2.27. The van der Waals surface area contributed by atoms with Gasteiger partial charge in [0.05, 0.1) is 4.47 Å². The van der Waals surface area contributed by atoms with Crippen LogP contribution in [-0.4, -0.2) is 35.9 Å². The van der Waals surface area contributed by atoms with Gasteiger partial charge in [-0.1, -0.05) is 54.6 Å². The van der Waals surface area contributed by atoms with Crippen LogP contribution in [0.3, 0.4) is 0 Å². The highest BCUT2D eigenvalue weighted by atomic mass is 79.9. The molecular formula is C26H25BrN2O3. The number of nitrogens with zero attached hydrogens (tertiary/aromatic N) is 1. The fraction of sp³-hybridized carbons (Fsp3) is 0.231. The highest BCUT2D eigenvalue weighted by molar-refractivity contribution is 9.10. The fourth-order valence-corrected chi connectivity index (χ4v) is 4.15. The molecule has 2 amide bonds. The van der Waals surface area contributed by atoms with Gasteiger partial charge in [-0.15, -0.1) is 0 Å². The number of carbonyl (C=O) groups excluding carboxylic acids is 2. The van der Waals surface area contributed by atoms with Crippen molar-refractivity contribution >= 4 is 33.4 Å². The molecule has 1 fully saturated rings. The van der Waals surface area contributed by atoms with Crippen molar-refractivity contribution in [3.63, 3.8) is 0 Å². The molecule has 5 nitrogen and oxygen atoms in total. The third-order valence-corrected chi connectivity index (χ3v) is 6.17. The molecule has 1 aliphatic rings. The Balaban J connectivity index is 1.24. The highest BCUT2D eigenvalue weighted by Gasteiger charge is 2.25. The second-order valence-electron chi connectivity index (χ2n) is 7.80. The van der Waals surface area contributed by atoms with E-state index in [4.69, 9.17) is 4.74 Å². The Bertz CT molecular complexity index is 1060. The fourth-order valence-electron chi connectivity index (χ4n) is 3.77. The largest absolute Gasteiger partial charge is 0.489 e. The molecule has 1 saturated heterocycles. The Morgan fingerprint density at radius 2 is 1.50 bits per heavy atom. The minimum absolute atomic E-state index is 0.0645. The van der Waals surface area contributed by atoms with Crippen LogP contribution >= 0.6 is 15.9 Å². The maximum atomic E-state index is 12.6. The number of amides is 2. The SMILES string of the molecule is O=C(CC(=O)N1CCC(Oc2ccccc2Br)CC1)Nc1ccc(-c2ccccc2)cc1. The smallest absolute Gasteiger partial charge is 0.233 e. The first kappa shape index (κ1) is 22.1. The van der Waals surface area contributed by atoms with E-state index in [0.717, 1.165) is 34.2 Å². The van der Waals surface area contributed by atoms with E-state index in [2.05, 4.69) is 21.2 Å². The second kappa shape index (κ2) is 10.5. The second-order valence-corrected chi connectivity index (χ2v) is 8.65. The summed E-state index contributed by atoms with van der Waals surface area (Å²) >= 11 is 3.49. The van der Waals surface area contributed by atoms with Crippen molar-refractivity contribution in [2.24, 2.45) is 0 Å². The molecule has 3 aromatic carbocycles. The van der Waals surface area contributed by atoms with Crippen LogP contribution in [0.2, 0.25) is 0 Å². The lowest BCUT2D eigenvalue weighted by molar-refractivity contribution is -0.136. The van der Waals surface area contributed by atoms with Crippen molar-refractivity contribution < 1.29 is 14.3 Å². The molecule has 1 heterocycles. The third kappa shape index (κ3) is 5.77. The molecule has 3 aromatic rings. The van der Waals surface area contributed by atoms with Crippen LogP contribution in [0.1, 0.15) is 19.3 Å². The number of rotatable bonds is 6. The Labute approximate surface area is 196 Å². The summed E-state index contributed by atoms with van der Waals surface area (Å²) < 4.78 is 6.97. The van der Waals surface area contributed by atoms with Gasteiger partial charge in [0, 0.05) is 31.6 Å².